The van der Waals surface area contributed by atoms with Crippen LogP contribution in [0.1, 0.15) is 16.7 Å². The highest BCUT2D eigenvalue weighted by molar-refractivity contribution is 6.30. The lowest BCUT2D eigenvalue weighted by Crippen LogP contribution is -2.63. The number of amides is 2. The minimum absolute atomic E-state index is 0.00958. The third-order valence-corrected chi connectivity index (χ3v) is 5.86. The van der Waals surface area contributed by atoms with Crippen LogP contribution in [0.3, 0.4) is 0 Å². The van der Waals surface area contributed by atoms with E-state index in [1.165, 1.54) is 55.5 Å². The van der Waals surface area contributed by atoms with E-state index in [0.717, 1.165) is 0 Å². The van der Waals surface area contributed by atoms with Crippen molar-refractivity contribution in [2.75, 3.05) is 19.1 Å². The van der Waals surface area contributed by atoms with Crippen molar-refractivity contribution in [1.82, 2.24) is 5.32 Å². The molecule has 0 saturated heterocycles. The van der Waals surface area contributed by atoms with Gasteiger partial charge in [0.25, 0.3) is 0 Å². The van der Waals surface area contributed by atoms with E-state index in [-0.39, 0.29) is 34.1 Å². The van der Waals surface area contributed by atoms with Crippen LogP contribution in [0.15, 0.2) is 66.7 Å². The van der Waals surface area contributed by atoms with Crippen LogP contribution in [-0.2, 0) is 12.1 Å². The lowest BCUT2D eigenvalue weighted by molar-refractivity contribution is -0.184. The molecule has 5 nitrogen and oxygen atoms in total. The number of rotatable bonds is 5. The van der Waals surface area contributed by atoms with Gasteiger partial charge in [-0.15, -0.1) is 0 Å². The molecule has 1 aliphatic rings. The quantitative estimate of drug-likeness (QED) is 0.499. The highest BCUT2D eigenvalue weighted by Crippen LogP contribution is 2.52. The lowest BCUT2D eigenvalue weighted by Gasteiger charge is -2.45. The number of alkyl halides is 3. The Balaban J connectivity index is 1.92. The van der Waals surface area contributed by atoms with Crippen LogP contribution in [0.4, 0.5) is 23.7 Å². The number of methoxy groups -OCH3 is 2. The molecule has 0 bridgehead atoms. The summed E-state index contributed by atoms with van der Waals surface area (Å²) in [5, 5.41) is 2.34. The molecule has 1 aliphatic heterocycles. The van der Waals surface area contributed by atoms with Crippen molar-refractivity contribution in [1.29, 1.82) is 0 Å². The fourth-order valence-electron chi connectivity index (χ4n) is 4.06. The van der Waals surface area contributed by atoms with Crippen molar-refractivity contribution in [2.45, 2.75) is 18.3 Å². The van der Waals surface area contributed by atoms with Crippen molar-refractivity contribution >= 4 is 23.3 Å². The molecule has 1 heterocycles. The van der Waals surface area contributed by atoms with Gasteiger partial charge in [0.05, 0.1) is 26.5 Å². The Morgan fingerprint density at radius 3 is 2.30 bits per heavy atom. The largest absolute Gasteiger partial charge is 0.497 e. The molecule has 3 aromatic rings. The van der Waals surface area contributed by atoms with E-state index in [2.05, 4.69) is 5.32 Å². The number of hydrogen-bond donors (Lipinski definition) is 1. The molecule has 33 heavy (non-hydrogen) atoms. The number of fused-ring (bicyclic) bond motifs is 1. The standard InChI is InChI=1S/C24H20ClF3N2O3/c1-32-17-10-7-15(8-11-17)14-30-20-12-9-16(25)13-19(20)23(24(26,27)28,29-22(30)31)18-5-3-4-6-21(18)33-2/h3-13H,14H2,1-2H3,(H,29,31)/t23-/m1/s1. The minimum Gasteiger partial charge on any atom is -0.497 e. The molecule has 0 saturated carbocycles. The van der Waals surface area contributed by atoms with Gasteiger partial charge < -0.3 is 14.8 Å². The zero-order valence-electron chi connectivity index (χ0n) is 17.7. The van der Waals surface area contributed by atoms with E-state index >= 15 is 0 Å². The second-order valence-electron chi connectivity index (χ2n) is 7.47. The number of para-hydroxylation sites is 1. The summed E-state index contributed by atoms with van der Waals surface area (Å²) in [7, 11) is 2.81. The summed E-state index contributed by atoms with van der Waals surface area (Å²) in [6, 6.07) is 15.9. The van der Waals surface area contributed by atoms with Crippen LogP contribution >= 0.6 is 11.6 Å². The average molecular weight is 477 g/mol. The van der Waals surface area contributed by atoms with Gasteiger partial charge in [0, 0.05) is 16.1 Å². The first-order valence-corrected chi connectivity index (χ1v) is 10.3. The lowest BCUT2D eigenvalue weighted by atomic mass is 9.79. The molecule has 9 heteroatoms. The van der Waals surface area contributed by atoms with E-state index in [1.54, 1.807) is 30.3 Å². The normalized spacial score (nSPS) is 17.9. The van der Waals surface area contributed by atoms with Gasteiger partial charge in [0.2, 0.25) is 0 Å². The molecule has 172 valence electrons. The number of anilines is 1. The first kappa shape index (κ1) is 22.8. The second-order valence-corrected chi connectivity index (χ2v) is 7.91. The topological polar surface area (TPSA) is 50.8 Å². The molecule has 0 aromatic heterocycles. The molecule has 0 radical (unpaired) electrons. The van der Waals surface area contributed by atoms with Gasteiger partial charge in [-0.05, 0) is 42.0 Å². The Hall–Kier alpha value is -3.39. The maximum absolute atomic E-state index is 14.9. The number of halogens is 4. The summed E-state index contributed by atoms with van der Waals surface area (Å²) in [6.07, 6.45) is -4.90. The first-order chi connectivity index (χ1) is 15.7. The summed E-state index contributed by atoms with van der Waals surface area (Å²) in [5.74, 6) is 0.617. The Morgan fingerprint density at radius 2 is 1.67 bits per heavy atom. The molecule has 0 aliphatic carbocycles. The van der Waals surface area contributed by atoms with Gasteiger partial charge in [-0.3, -0.25) is 4.90 Å². The molecule has 0 spiro atoms. The van der Waals surface area contributed by atoms with Crippen LogP contribution in [0, 0.1) is 0 Å². The number of nitrogens with one attached hydrogen (secondary N) is 1. The van der Waals surface area contributed by atoms with E-state index in [4.69, 9.17) is 21.1 Å². The number of urea groups is 1. The minimum atomic E-state index is -4.90. The number of nitrogens with zero attached hydrogens (tertiary/aromatic N) is 1. The van der Waals surface area contributed by atoms with Gasteiger partial charge in [-0.2, -0.15) is 13.2 Å². The predicted molar refractivity (Wildman–Crippen MR) is 119 cm³/mol. The third kappa shape index (κ3) is 3.84. The van der Waals surface area contributed by atoms with E-state index in [1.807, 2.05) is 0 Å². The third-order valence-electron chi connectivity index (χ3n) is 5.63. The Morgan fingerprint density at radius 1 is 0.970 bits per heavy atom. The van der Waals surface area contributed by atoms with Crippen LogP contribution in [0.2, 0.25) is 5.02 Å². The van der Waals surface area contributed by atoms with Crippen molar-refractivity contribution in [3.63, 3.8) is 0 Å². The number of carbonyl (C=O) groups is 1. The monoisotopic (exact) mass is 476 g/mol. The molecular weight excluding hydrogens is 457 g/mol. The van der Waals surface area contributed by atoms with Crippen LogP contribution < -0.4 is 19.7 Å². The predicted octanol–water partition coefficient (Wildman–Crippen LogP) is 5.89. The SMILES string of the molecule is COc1ccc(CN2C(=O)N[C@@](c3ccccc3OC)(C(F)(F)F)c3cc(Cl)ccc32)cc1. The molecule has 4 rings (SSSR count). The number of carbonyl (C=O) groups excluding carboxylic acids is 1. The molecule has 0 unspecified atom stereocenters. The van der Waals surface area contributed by atoms with E-state index < -0.39 is 17.7 Å². The number of benzene rings is 3. The zero-order chi connectivity index (χ0) is 23.8. The van der Waals surface area contributed by atoms with Gasteiger partial charge in [0.15, 0.2) is 5.54 Å². The first-order valence-electron chi connectivity index (χ1n) is 9.94. The smallest absolute Gasteiger partial charge is 0.420 e. The zero-order valence-corrected chi connectivity index (χ0v) is 18.5. The van der Waals surface area contributed by atoms with E-state index in [9.17, 15) is 18.0 Å². The summed E-state index contributed by atoms with van der Waals surface area (Å²) < 4.78 is 55.0. The van der Waals surface area contributed by atoms with Crippen LogP contribution in [0.25, 0.3) is 0 Å². The number of hydrogen-bond acceptors (Lipinski definition) is 3. The van der Waals surface area contributed by atoms with Crippen molar-refractivity contribution in [2.24, 2.45) is 0 Å². The summed E-state index contributed by atoms with van der Waals surface area (Å²) in [4.78, 5) is 14.5. The van der Waals surface area contributed by atoms with Crippen LogP contribution in [-0.4, -0.2) is 26.4 Å². The maximum atomic E-state index is 14.9. The van der Waals surface area contributed by atoms with Gasteiger partial charge in [-0.1, -0.05) is 41.9 Å². The molecule has 1 N–H and O–H groups in total. The Bertz CT molecular complexity index is 1180. The summed E-state index contributed by atoms with van der Waals surface area (Å²) in [5.41, 5.74) is -2.47. The fourth-order valence-corrected chi connectivity index (χ4v) is 4.23. The van der Waals surface area contributed by atoms with E-state index in [0.29, 0.717) is 11.3 Å². The average Bonchev–Trinajstić information content (AvgIpc) is 2.80. The molecule has 1 atom stereocenters. The summed E-state index contributed by atoms with van der Waals surface area (Å²) >= 11 is 6.15. The molecule has 0 fully saturated rings. The Labute approximate surface area is 193 Å². The summed E-state index contributed by atoms with van der Waals surface area (Å²) in [6.45, 7) is 0.0460. The second kappa shape index (κ2) is 8.51. The van der Waals surface area contributed by atoms with Gasteiger partial charge in [-0.25, -0.2) is 4.79 Å². The fraction of sp³-hybridized carbons (Fsp3) is 0.208. The maximum Gasteiger partial charge on any atom is 0.420 e. The Kier molecular flexibility index (Phi) is 5.88. The highest BCUT2D eigenvalue weighted by Gasteiger charge is 2.63. The number of ether oxygens (including phenoxy) is 2. The van der Waals surface area contributed by atoms with Gasteiger partial charge in [0.1, 0.15) is 11.5 Å². The van der Waals surface area contributed by atoms with Crippen molar-refractivity contribution in [3.8, 4) is 11.5 Å². The molecule has 2 amide bonds. The molecular formula is C24H20ClF3N2O3. The highest BCUT2D eigenvalue weighted by atomic mass is 35.5. The van der Waals surface area contributed by atoms with Crippen molar-refractivity contribution < 1.29 is 27.4 Å². The van der Waals surface area contributed by atoms with Gasteiger partial charge >= 0.3 is 12.2 Å². The molecule has 3 aromatic carbocycles. The van der Waals surface area contributed by atoms with Crippen LogP contribution in [0.5, 0.6) is 11.5 Å². The van der Waals surface area contributed by atoms with Crippen molar-refractivity contribution in [3.05, 3.63) is 88.4 Å².